The Morgan fingerprint density at radius 3 is 2.78 bits per heavy atom. The highest BCUT2D eigenvalue weighted by molar-refractivity contribution is 5.85. The van der Waals surface area contributed by atoms with E-state index in [4.69, 9.17) is 0 Å². The van der Waals surface area contributed by atoms with Gasteiger partial charge in [0.2, 0.25) is 0 Å². The molecule has 0 bridgehead atoms. The minimum absolute atomic E-state index is 0.432. The monoisotopic (exact) mass is 242 g/mol. The first-order valence-corrected chi connectivity index (χ1v) is 6.78. The van der Waals surface area contributed by atoms with E-state index in [1.165, 1.54) is 16.3 Å². The van der Waals surface area contributed by atoms with Crippen molar-refractivity contribution in [1.29, 1.82) is 0 Å². The molecule has 0 spiro atoms. The van der Waals surface area contributed by atoms with Gasteiger partial charge in [-0.05, 0) is 35.9 Å². The van der Waals surface area contributed by atoms with E-state index in [2.05, 4.69) is 55.3 Å². The number of pyridine rings is 1. The van der Waals surface area contributed by atoms with Gasteiger partial charge in [0.1, 0.15) is 0 Å². The molecule has 1 heterocycles. The zero-order valence-electron chi connectivity index (χ0n) is 11.5. The summed E-state index contributed by atoms with van der Waals surface area (Å²) >= 11 is 0. The van der Waals surface area contributed by atoms with Crippen LogP contribution in [0.25, 0.3) is 10.8 Å². The van der Waals surface area contributed by atoms with Crippen LogP contribution in [0, 0.1) is 5.92 Å². The van der Waals surface area contributed by atoms with E-state index in [0.717, 1.165) is 13.0 Å². The molecule has 2 heteroatoms. The fourth-order valence-electron chi connectivity index (χ4n) is 2.49. The van der Waals surface area contributed by atoms with Crippen LogP contribution in [-0.4, -0.2) is 11.5 Å². The van der Waals surface area contributed by atoms with Gasteiger partial charge >= 0.3 is 0 Å². The Labute approximate surface area is 109 Å². The van der Waals surface area contributed by atoms with Gasteiger partial charge in [-0.15, -0.1) is 0 Å². The van der Waals surface area contributed by atoms with Gasteiger partial charge in [-0.2, -0.15) is 0 Å². The standard InChI is InChI=1S/C16H22N2/c1-4-18-16(10-12(2)3)15-7-5-6-13-11-17-9-8-14(13)15/h5-9,11-12,16,18H,4,10H2,1-3H3. The minimum atomic E-state index is 0.432. The Morgan fingerprint density at radius 2 is 2.06 bits per heavy atom. The molecule has 18 heavy (non-hydrogen) atoms. The lowest BCUT2D eigenvalue weighted by Gasteiger charge is -2.22. The minimum Gasteiger partial charge on any atom is -0.310 e. The molecule has 1 aromatic heterocycles. The second-order valence-corrected chi connectivity index (χ2v) is 5.18. The van der Waals surface area contributed by atoms with Crippen LogP contribution in [0.15, 0.2) is 36.7 Å². The third-order valence-corrected chi connectivity index (χ3v) is 3.25. The summed E-state index contributed by atoms with van der Waals surface area (Å²) in [6, 6.07) is 9.04. The van der Waals surface area contributed by atoms with Crippen molar-refractivity contribution in [3.8, 4) is 0 Å². The van der Waals surface area contributed by atoms with Gasteiger partial charge in [0, 0.05) is 23.8 Å². The lowest BCUT2D eigenvalue weighted by molar-refractivity contribution is 0.440. The van der Waals surface area contributed by atoms with Gasteiger partial charge in [0.25, 0.3) is 0 Å². The molecule has 0 saturated carbocycles. The maximum absolute atomic E-state index is 4.20. The summed E-state index contributed by atoms with van der Waals surface area (Å²) < 4.78 is 0. The predicted octanol–water partition coefficient (Wildman–Crippen LogP) is 3.93. The third kappa shape index (κ3) is 2.88. The van der Waals surface area contributed by atoms with Gasteiger partial charge < -0.3 is 5.32 Å². The summed E-state index contributed by atoms with van der Waals surface area (Å²) in [6.07, 6.45) is 4.98. The summed E-state index contributed by atoms with van der Waals surface area (Å²) in [5.74, 6) is 0.686. The van der Waals surface area contributed by atoms with Crippen molar-refractivity contribution in [2.45, 2.75) is 33.2 Å². The maximum Gasteiger partial charge on any atom is 0.0346 e. The van der Waals surface area contributed by atoms with Gasteiger partial charge in [-0.25, -0.2) is 0 Å². The molecule has 96 valence electrons. The van der Waals surface area contributed by atoms with Crippen molar-refractivity contribution >= 4 is 10.8 Å². The highest BCUT2D eigenvalue weighted by atomic mass is 14.9. The predicted molar refractivity (Wildman–Crippen MR) is 77.6 cm³/mol. The van der Waals surface area contributed by atoms with Crippen LogP contribution in [0.3, 0.4) is 0 Å². The lowest BCUT2D eigenvalue weighted by atomic mass is 9.93. The molecule has 1 N–H and O–H groups in total. The van der Waals surface area contributed by atoms with Crippen LogP contribution in [0.5, 0.6) is 0 Å². The van der Waals surface area contributed by atoms with Crippen molar-refractivity contribution in [1.82, 2.24) is 10.3 Å². The number of nitrogens with zero attached hydrogens (tertiary/aromatic N) is 1. The molecule has 0 aliphatic rings. The van der Waals surface area contributed by atoms with Crippen molar-refractivity contribution in [3.05, 3.63) is 42.2 Å². The molecule has 2 nitrogen and oxygen atoms in total. The van der Waals surface area contributed by atoms with E-state index in [0.29, 0.717) is 12.0 Å². The Balaban J connectivity index is 2.43. The number of hydrogen-bond donors (Lipinski definition) is 1. The highest BCUT2D eigenvalue weighted by Crippen LogP contribution is 2.27. The van der Waals surface area contributed by atoms with Crippen LogP contribution in [0.2, 0.25) is 0 Å². The molecule has 0 radical (unpaired) electrons. The van der Waals surface area contributed by atoms with Crippen LogP contribution >= 0.6 is 0 Å². The Kier molecular flexibility index (Phi) is 4.32. The average Bonchev–Trinajstić information content (AvgIpc) is 2.37. The molecular weight excluding hydrogens is 220 g/mol. The topological polar surface area (TPSA) is 24.9 Å². The molecule has 0 aliphatic carbocycles. The van der Waals surface area contributed by atoms with E-state index in [1.807, 2.05) is 12.4 Å². The van der Waals surface area contributed by atoms with Crippen LogP contribution in [0.1, 0.15) is 38.8 Å². The van der Waals surface area contributed by atoms with Gasteiger partial charge in [-0.1, -0.05) is 39.0 Å². The first kappa shape index (κ1) is 13.0. The highest BCUT2D eigenvalue weighted by Gasteiger charge is 2.14. The third-order valence-electron chi connectivity index (χ3n) is 3.25. The fraction of sp³-hybridized carbons (Fsp3) is 0.438. The molecular formula is C16H22N2. The molecule has 0 amide bonds. The zero-order valence-corrected chi connectivity index (χ0v) is 11.5. The van der Waals surface area contributed by atoms with Gasteiger partial charge in [-0.3, -0.25) is 4.98 Å². The van der Waals surface area contributed by atoms with E-state index in [-0.39, 0.29) is 0 Å². The molecule has 0 aliphatic heterocycles. The van der Waals surface area contributed by atoms with E-state index in [9.17, 15) is 0 Å². The first-order chi connectivity index (χ1) is 8.72. The normalized spacial score (nSPS) is 13.1. The molecule has 1 atom stereocenters. The summed E-state index contributed by atoms with van der Waals surface area (Å²) in [5, 5.41) is 6.14. The second-order valence-electron chi connectivity index (χ2n) is 5.18. The zero-order chi connectivity index (χ0) is 13.0. The van der Waals surface area contributed by atoms with E-state index in [1.54, 1.807) is 0 Å². The number of fused-ring (bicyclic) bond motifs is 1. The molecule has 1 aromatic carbocycles. The average molecular weight is 242 g/mol. The van der Waals surface area contributed by atoms with Gasteiger partial charge in [0.15, 0.2) is 0 Å². The summed E-state index contributed by atoms with van der Waals surface area (Å²) in [7, 11) is 0. The Morgan fingerprint density at radius 1 is 1.22 bits per heavy atom. The fourth-order valence-corrected chi connectivity index (χ4v) is 2.49. The summed E-state index contributed by atoms with van der Waals surface area (Å²) in [5.41, 5.74) is 1.39. The van der Waals surface area contributed by atoms with Crippen LogP contribution < -0.4 is 5.32 Å². The summed E-state index contributed by atoms with van der Waals surface area (Å²) in [6.45, 7) is 7.72. The van der Waals surface area contributed by atoms with Crippen molar-refractivity contribution < 1.29 is 0 Å². The molecule has 0 fully saturated rings. The first-order valence-electron chi connectivity index (χ1n) is 6.78. The second kappa shape index (κ2) is 5.96. The smallest absolute Gasteiger partial charge is 0.0346 e. The molecule has 0 saturated heterocycles. The van der Waals surface area contributed by atoms with Gasteiger partial charge in [0.05, 0.1) is 0 Å². The van der Waals surface area contributed by atoms with E-state index < -0.39 is 0 Å². The molecule has 2 aromatic rings. The van der Waals surface area contributed by atoms with Crippen molar-refractivity contribution in [2.75, 3.05) is 6.54 Å². The van der Waals surface area contributed by atoms with Crippen LogP contribution in [-0.2, 0) is 0 Å². The molecule has 1 unspecified atom stereocenters. The van der Waals surface area contributed by atoms with Crippen LogP contribution in [0.4, 0.5) is 0 Å². The Bertz CT molecular complexity index is 500. The number of rotatable bonds is 5. The quantitative estimate of drug-likeness (QED) is 0.859. The number of nitrogens with one attached hydrogen (secondary N) is 1. The van der Waals surface area contributed by atoms with Crippen molar-refractivity contribution in [3.63, 3.8) is 0 Å². The Hall–Kier alpha value is -1.41. The van der Waals surface area contributed by atoms with Crippen molar-refractivity contribution in [2.24, 2.45) is 5.92 Å². The maximum atomic E-state index is 4.20. The summed E-state index contributed by atoms with van der Waals surface area (Å²) in [4.78, 5) is 4.20. The SMILES string of the molecule is CCNC(CC(C)C)c1cccc2cnccc12. The number of aromatic nitrogens is 1. The van der Waals surface area contributed by atoms with E-state index >= 15 is 0 Å². The molecule has 2 rings (SSSR count). The number of benzene rings is 1. The largest absolute Gasteiger partial charge is 0.310 e. The number of hydrogen-bond acceptors (Lipinski definition) is 2. The lowest BCUT2D eigenvalue weighted by Crippen LogP contribution is -2.22.